The normalized spacial score (nSPS) is 16.1. The summed E-state index contributed by atoms with van der Waals surface area (Å²) < 4.78 is 4.97. The van der Waals surface area contributed by atoms with Crippen LogP contribution in [0.2, 0.25) is 0 Å². The van der Waals surface area contributed by atoms with Crippen LogP contribution in [0.4, 0.5) is 4.79 Å². The molecule has 5 nitrogen and oxygen atoms in total. The fourth-order valence-electron chi connectivity index (χ4n) is 1.83. The summed E-state index contributed by atoms with van der Waals surface area (Å²) >= 11 is 0. The minimum absolute atomic E-state index is 0.0387. The molecule has 1 unspecified atom stereocenters. The third-order valence-corrected chi connectivity index (χ3v) is 2.68. The van der Waals surface area contributed by atoms with Gasteiger partial charge in [0.2, 0.25) is 0 Å². The van der Waals surface area contributed by atoms with Gasteiger partial charge < -0.3 is 15.2 Å². The fourth-order valence-corrected chi connectivity index (χ4v) is 1.83. The van der Waals surface area contributed by atoms with Crippen molar-refractivity contribution in [3.63, 3.8) is 0 Å². The Morgan fingerprint density at radius 1 is 1.33 bits per heavy atom. The Hall–Kier alpha value is -2.30. The number of carboxylic acids is 1. The van der Waals surface area contributed by atoms with Crippen molar-refractivity contribution < 1.29 is 19.4 Å². The lowest BCUT2D eigenvalue weighted by atomic mass is 10.0. The minimum Gasteiger partial charge on any atom is -0.480 e. The van der Waals surface area contributed by atoms with Crippen molar-refractivity contribution in [1.82, 2.24) is 5.32 Å². The molecule has 0 bridgehead atoms. The smallest absolute Gasteiger partial charge is 0.407 e. The monoisotopic (exact) mass is 247 g/mol. The fraction of sp³-hybridized carbons (Fsp3) is 0.231. The average molecular weight is 247 g/mol. The molecule has 18 heavy (non-hydrogen) atoms. The van der Waals surface area contributed by atoms with Crippen molar-refractivity contribution in [3.8, 4) is 0 Å². The summed E-state index contributed by atoms with van der Waals surface area (Å²) in [5.74, 6) is -1.06. The zero-order valence-corrected chi connectivity index (χ0v) is 9.63. The number of amides is 1. The van der Waals surface area contributed by atoms with Crippen LogP contribution in [0.5, 0.6) is 0 Å². The molecule has 1 amide bonds. The molecule has 5 heteroatoms. The molecule has 0 saturated carbocycles. The van der Waals surface area contributed by atoms with Crippen LogP contribution in [0.3, 0.4) is 0 Å². The van der Waals surface area contributed by atoms with E-state index >= 15 is 0 Å². The van der Waals surface area contributed by atoms with Crippen molar-refractivity contribution in [2.45, 2.75) is 5.92 Å². The molecule has 1 aliphatic carbocycles. The van der Waals surface area contributed by atoms with Gasteiger partial charge in [0, 0.05) is 5.92 Å². The average Bonchev–Trinajstić information content (AvgIpc) is 2.77. The van der Waals surface area contributed by atoms with Crippen LogP contribution in [-0.4, -0.2) is 30.3 Å². The maximum Gasteiger partial charge on any atom is 0.407 e. The predicted octanol–water partition coefficient (Wildman–Crippen LogP) is 1.61. The second-order valence-electron chi connectivity index (χ2n) is 3.94. The molecule has 1 aromatic carbocycles. The van der Waals surface area contributed by atoms with Gasteiger partial charge in [-0.15, -0.1) is 0 Å². The van der Waals surface area contributed by atoms with E-state index in [0.717, 1.165) is 11.1 Å². The first-order valence-corrected chi connectivity index (χ1v) is 5.56. The molecular formula is C13H13NO4. The number of aliphatic carboxylic acids is 1. The number of hydrogen-bond donors (Lipinski definition) is 2. The van der Waals surface area contributed by atoms with E-state index in [9.17, 15) is 9.59 Å². The maximum atomic E-state index is 11.2. The van der Waals surface area contributed by atoms with E-state index in [0.29, 0.717) is 0 Å². The highest BCUT2D eigenvalue weighted by Gasteiger charge is 2.18. The SMILES string of the molecule is O=C(O)CNC(=O)OCC1C=Cc2ccccc21. The molecule has 0 spiro atoms. The lowest BCUT2D eigenvalue weighted by Gasteiger charge is -2.11. The second-order valence-corrected chi connectivity index (χ2v) is 3.94. The quantitative estimate of drug-likeness (QED) is 0.847. The number of carbonyl (C=O) groups excluding carboxylic acids is 1. The number of carbonyl (C=O) groups is 2. The number of ether oxygens (including phenoxy) is 1. The van der Waals surface area contributed by atoms with Crippen molar-refractivity contribution in [2.24, 2.45) is 0 Å². The molecule has 0 heterocycles. The summed E-state index contributed by atoms with van der Waals surface area (Å²) in [5, 5.41) is 10.5. The minimum atomic E-state index is -1.10. The molecule has 94 valence electrons. The van der Waals surface area contributed by atoms with Crippen LogP contribution in [0.25, 0.3) is 6.08 Å². The van der Waals surface area contributed by atoms with Gasteiger partial charge in [-0.1, -0.05) is 36.4 Å². The first-order chi connectivity index (χ1) is 8.66. The van der Waals surface area contributed by atoms with Gasteiger partial charge in [-0.2, -0.15) is 0 Å². The van der Waals surface area contributed by atoms with Crippen LogP contribution >= 0.6 is 0 Å². The highest BCUT2D eigenvalue weighted by Crippen LogP contribution is 2.29. The Labute approximate surface area is 104 Å². The van der Waals surface area contributed by atoms with Gasteiger partial charge in [-0.05, 0) is 11.1 Å². The summed E-state index contributed by atoms with van der Waals surface area (Å²) in [4.78, 5) is 21.4. The van der Waals surface area contributed by atoms with E-state index in [-0.39, 0.29) is 12.5 Å². The van der Waals surface area contributed by atoms with Gasteiger partial charge in [0.05, 0.1) is 0 Å². The van der Waals surface area contributed by atoms with E-state index in [1.54, 1.807) is 0 Å². The molecule has 0 radical (unpaired) electrons. The van der Waals surface area contributed by atoms with Gasteiger partial charge in [-0.25, -0.2) is 4.79 Å². The van der Waals surface area contributed by atoms with E-state index in [1.165, 1.54) is 0 Å². The zero-order chi connectivity index (χ0) is 13.0. The van der Waals surface area contributed by atoms with Crippen LogP contribution in [0.15, 0.2) is 30.3 Å². The molecule has 0 aromatic heterocycles. The zero-order valence-electron chi connectivity index (χ0n) is 9.63. The molecule has 0 fully saturated rings. The number of rotatable bonds is 4. The van der Waals surface area contributed by atoms with Gasteiger partial charge in [-0.3, -0.25) is 4.79 Å². The van der Waals surface area contributed by atoms with Crippen molar-refractivity contribution >= 4 is 18.1 Å². The Bertz CT molecular complexity index is 496. The summed E-state index contributed by atoms with van der Waals surface area (Å²) in [6.07, 6.45) is 3.24. The summed E-state index contributed by atoms with van der Waals surface area (Å²) in [7, 11) is 0. The Morgan fingerprint density at radius 3 is 2.89 bits per heavy atom. The number of carboxylic acid groups (broad SMARTS) is 1. The highest BCUT2D eigenvalue weighted by atomic mass is 16.5. The van der Waals surface area contributed by atoms with Crippen LogP contribution in [0, 0.1) is 0 Å². The number of alkyl carbamates (subject to hydrolysis) is 1. The van der Waals surface area contributed by atoms with Crippen LogP contribution < -0.4 is 5.32 Å². The standard InChI is InChI=1S/C13H13NO4/c15-12(16)7-14-13(17)18-8-10-6-5-9-3-1-2-4-11(9)10/h1-6,10H,7-8H2,(H,14,17)(H,15,16). The summed E-state index contributed by atoms with van der Waals surface area (Å²) in [6.45, 7) is -0.227. The van der Waals surface area contributed by atoms with Gasteiger partial charge >= 0.3 is 12.1 Å². The second kappa shape index (κ2) is 5.35. The van der Waals surface area contributed by atoms with Crippen molar-refractivity contribution in [2.75, 3.05) is 13.2 Å². The molecule has 1 atom stereocenters. The van der Waals surface area contributed by atoms with Crippen LogP contribution in [-0.2, 0) is 9.53 Å². The molecule has 2 N–H and O–H groups in total. The predicted molar refractivity (Wildman–Crippen MR) is 65.2 cm³/mol. The number of hydrogen-bond acceptors (Lipinski definition) is 3. The topological polar surface area (TPSA) is 75.6 Å². The largest absolute Gasteiger partial charge is 0.480 e. The number of fused-ring (bicyclic) bond motifs is 1. The molecule has 1 aliphatic rings. The maximum absolute atomic E-state index is 11.2. The van der Waals surface area contributed by atoms with Gasteiger partial charge in [0.1, 0.15) is 13.2 Å². The first kappa shape index (κ1) is 12.2. The van der Waals surface area contributed by atoms with Gasteiger partial charge in [0.15, 0.2) is 0 Å². The third-order valence-electron chi connectivity index (χ3n) is 2.68. The molecule has 0 saturated heterocycles. The number of nitrogens with one attached hydrogen (secondary N) is 1. The van der Waals surface area contributed by atoms with E-state index < -0.39 is 18.6 Å². The third kappa shape index (κ3) is 2.88. The van der Waals surface area contributed by atoms with Crippen molar-refractivity contribution in [3.05, 3.63) is 41.5 Å². The summed E-state index contributed by atoms with van der Waals surface area (Å²) in [5.41, 5.74) is 2.24. The van der Waals surface area contributed by atoms with Gasteiger partial charge in [0.25, 0.3) is 0 Å². The van der Waals surface area contributed by atoms with E-state index in [2.05, 4.69) is 5.32 Å². The first-order valence-electron chi connectivity index (χ1n) is 5.56. The number of benzene rings is 1. The Morgan fingerprint density at radius 2 is 2.11 bits per heavy atom. The lowest BCUT2D eigenvalue weighted by Crippen LogP contribution is -2.30. The molecule has 0 aliphatic heterocycles. The van der Waals surface area contributed by atoms with Crippen LogP contribution in [0.1, 0.15) is 17.0 Å². The Balaban J connectivity index is 1.84. The highest BCUT2D eigenvalue weighted by molar-refractivity contribution is 5.76. The van der Waals surface area contributed by atoms with E-state index in [1.807, 2.05) is 36.4 Å². The van der Waals surface area contributed by atoms with E-state index in [4.69, 9.17) is 9.84 Å². The summed E-state index contributed by atoms with van der Waals surface area (Å²) in [6, 6.07) is 7.87. The molecule has 2 rings (SSSR count). The Kier molecular flexibility index (Phi) is 3.62. The molecule has 1 aromatic rings. The lowest BCUT2D eigenvalue weighted by molar-refractivity contribution is -0.135. The molecular weight excluding hydrogens is 234 g/mol. The van der Waals surface area contributed by atoms with Crippen molar-refractivity contribution in [1.29, 1.82) is 0 Å².